The zero-order valence-electron chi connectivity index (χ0n) is 33.0. The van der Waals surface area contributed by atoms with E-state index in [4.69, 9.17) is 54.4 Å². The molecule has 4 aromatic rings. The number of rotatable bonds is 12. The maximum atomic E-state index is 14.9. The number of morpholine rings is 2. The van der Waals surface area contributed by atoms with E-state index < -0.39 is 11.6 Å². The number of carbonyl (C=O) groups excluding carboxylic acids is 1. The van der Waals surface area contributed by atoms with Crippen molar-refractivity contribution in [3.05, 3.63) is 117 Å². The minimum absolute atomic E-state index is 0.0629. The Hall–Kier alpha value is -4.54. The number of hydrogen-bond acceptors (Lipinski definition) is 10. The fourth-order valence-corrected chi connectivity index (χ4v) is 7.76. The van der Waals surface area contributed by atoms with Crippen LogP contribution in [0.3, 0.4) is 0 Å². The molecule has 4 aliphatic rings. The minimum Gasteiger partial charge on any atom is -0.490 e. The van der Waals surface area contributed by atoms with Crippen molar-refractivity contribution in [3.8, 4) is 11.5 Å². The Kier molecular flexibility index (Phi) is 15.5. The van der Waals surface area contributed by atoms with Gasteiger partial charge in [0.2, 0.25) is 5.91 Å². The number of thiocarbonyl (C=S) groups is 1. The summed E-state index contributed by atoms with van der Waals surface area (Å²) in [7, 11) is 0. The summed E-state index contributed by atoms with van der Waals surface area (Å²) in [6.45, 7) is 9.53. The van der Waals surface area contributed by atoms with Gasteiger partial charge in [-0.1, -0.05) is 71.8 Å². The van der Waals surface area contributed by atoms with E-state index in [1.54, 1.807) is 24.3 Å². The highest BCUT2D eigenvalue weighted by atomic mass is 35.5. The van der Waals surface area contributed by atoms with Crippen molar-refractivity contribution in [1.82, 2.24) is 9.80 Å². The van der Waals surface area contributed by atoms with Crippen LogP contribution in [0, 0.1) is 11.6 Å². The van der Waals surface area contributed by atoms with E-state index in [-0.39, 0.29) is 24.0 Å². The number of aliphatic imine (C=N–C) groups is 2. The molecular formula is C44H46Cl2F2N6O5S. The average molecular weight is 880 g/mol. The molecule has 0 aliphatic carbocycles. The van der Waals surface area contributed by atoms with Crippen LogP contribution in [0.1, 0.15) is 35.1 Å². The number of carbonyl (C=O) groups is 1. The lowest BCUT2D eigenvalue weighted by Crippen LogP contribution is -2.37. The van der Waals surface area contributed by atoms with Gasteiger partial charge in [0.05, 0.1) is 69.0 Å². The quantitative estimate of drug-likeness (QED) is 0.110. The molecule has 0 bridgehead atoms. The van der Waals surface area contributed by atoms with Crippen LogP contribution >= 0.6 is 35.4 Å². The highest BCUT2D eigenvalue weighted by molar-refractivity contribution is 7.80. The highest BCUT2D eigenvalue weighted by Gasteiger charge is 2.24. The Labute approximate surface area is 363 Å². The van der Waals surface area contributed by atoms with Crippen LogP contribution in [0.4, 0.5) is 20.2 Å². The number of hydrogen-bond donors (Lipinski definition) is 2. The standard InChI is InChI=1S/C22H23ClFN3O3.C22H23ClFN3O2S/c23-17-5-2-1-4-15(17)22-16-12-18(24)20(13-19(16)26-21(28)14-25-22)30-9-3-6-27-7-10-29-11-8-27;23-17-5-2-1-4-15(17)22-16-12-18(24)20(13-19(16)26-21(30)14-25-22)29-9-3-6-27-7-10-28-11-8-27/h1-2,4-5,12-13H,3,6-11,14H2,(H,26,28);1-2,4-5,12-13H,3,6-11,14H2,(H,26,30). The number of nitrogens with one attached hydrogen (secondary N) is 2. The van der Waals surface area contributed by atoms with Crippen molar-refractivity contribution in [2.24, 2.45) is 9.98 Å². The van der Waals surface area contributed by atoms with E-state index in [9.17, 15) is 13.6 Å². The van der Waals surface area contributed by atoms with Crippen LogP contribution in [-0.2, 0) is 14.3 Å². The first-order valence-corrected chi connectivity index (χ1v) is 21.1. The van der Waals surface area contributed by atoms with Gasteiger partial charge in [0.1, 0.15) is 11.5 Å². The molecule has 8 rings (SSSR count). The van der Waals surface area contributed by atoms with Gasteiger partial charge in [-0.05, 0) is 37.1 Å². The number of benzene rings is 4. The number of nitrogens with zero attached hydrogens (tertiary/aromatic N) is 4. The van der Waals surface area contributed by atoms with Gasteiger partial charge < -0.3 is 29.6 Å². The van der Waals surface area contributed by atoms with Crippen LogP contribution in [0.25, 0.3) is 0 Å². The SMILES string of the molecule is Fc1cc2c(cc1OCCCN1CCOCC1)NC(=S)CN=C2c1ccccc1Cl.O=C1CN=C(c2ccccc2Cl)c2cc(F)c(OCCCN3CCOCC3)cc2N1. The molecule has 0 radical (unpaired) electrons. The Morgan fingerprint density at radius 3 is 1.58 bits per heavy atom. The number of benzodiazepines with no additional fused rings is 2. The summed E-state index contributed by atoms with van der Waals surface area (Å²) < 4.78 is 51.8. The van der Waals surface area contributed by atoms with Crippen molar-refractivity contribution in [3.63, 3.8) is 0 Å². The van der Waals surface area contributed by atoms with Crippen LogP contribution < -0.4 is 20.1 Å². The molecule has 0 unspecified atom stereocenters. The third-order valence-electron chi connectivity index (χ3n) is 10.2. The molecule has 2 saturated heterocycles. The van der Waals surface area contributed by atoms with Gasteiger partial charge in [-0.15, -0.1) is 0 Å². The molecule has 60 heavy (non-hydrogen) atoms. The highest BCUT2D eigenvalue weighted by Crippen LogP contribution is 2.33. The van der Waals surface area contributed by atoms with Crippen molar-refractivity contribution < 1.29 is 32.5 Å². The Bertz CT molecular complexity index is 2080. The maximum Gasteiger partial charge on any atom is 0.246 e. The molecule has 0 spiro atoms. The summed E-state index contributed by atoms with van der Waals surface area (Å²) in [6, 6.07) is 20.5. The topological polar surface area (TPSA) is 109 Å². The van der Waals surface area contributed by atoms with Crippen molar-refractivity contribution >= 4 is 69.1 Å². The number of fused-ring (bicyclic) bond motifs is 2. The first-order valence-electron chi connectivity index (χ1n) is 20.0. The molecule has 16 heteroatoms. The van der Waals surface area contributed by atoms with Crippen molar-refractivity contribution in [1.29, 1.82) is 0 Å². The molecule has 316 valence electrons. The van der Waals surface area contributed by atoms with E-state index in [1.807, 2.05) is 30.3 Å². The molecule has 1 amide bonds. The van der Waals surface area contributed by atoms with Gasteiger partial charge in [-0.2, -0.15) is 0 Å². The van der Waals surface area contributed by atoms with Gasteiger partial charge in [-0.3, -0.25) is 24.6 Å². The Morgan fingerprint density at radius 2 is 1.10 bits per heavy atom. The van der Waals surface area contributed by atoms with Gasteiger partial charge in [-0.25, -0.2) is 8.78 Å². The molecule has 4 aliphatic heterocycles. The summed E-state index contributed by atoms with van der Waals surface area (Å²) >= 11 is 18.0. The fourth-order valence-electron chi connectivity index (χ4n) is 7.14. The van der Waals surface area contributed by atoms with E-state index in [2.05, 4.69) is 30.4 Å². The second-order valence-electron chi connectivity index (χ2n) is 14.4. The number of halogens is 4. The Balaban J connectivity index is 0.000000181. The van der Waals surface area contributed by atoms with Gasteiger partial charge in [0, 0.05) is 83.7 Å². The van der Waals surface area contributed by atoms with Crippen LogP contribution in [0.15, 0.2) is 82.8 Å². The minimum atomic E-state index is -0.504. The summed E-state index contributed by atoms with van der Waals surface area (Å²) in [5, 5.41) is 6.98. The summed E-state index contributed by atoms with van der Waals surface area (Å²) in [4.78, 5) is 26.3. The monoisotopic (exact) mass is 878 g/mol. The van der Waals surface area contributed by atoms with Gasteiger partial charge >= 0.3 is 0 Å². The lowest BCUT2D eigenvalue weighted by atomic mass is 10.00. The predicted molar refractivity (Wildman–Crippen MR) is 236 cm³/mol. The molecule has 4 aromatic carbocycles. The van der Waals surface area contributed by atoms with E-state index >= 15 is 0 Å². The molecule has 0 atom stereocenters. The number of amides is 1. The normalized spacial score (nSPS) is 17.0. The first kappa shape index (κ1) is 43.5. The largest absolute Gasteiger partial charge is 0.490 e. The maximum absolute atomic E-state index is 14.9. The van der Waals surface area contributed by atoms with E-state index in [1.165, 1.54) is 18.2 Å². The van der Waals surface area contributed by atoms with Crippen molar-refractivity contribution in [2.75, 3.05) is 103 Å². The molecular weight excluding hydrogens is 833 g/mol. The van der Waals surface area contributed by atoms with E-state index in [0.29, 0.717) is 74.3 Å². The summed E-state index contributed by atoms with van der Waals surface area (Å²) in [5.41, 5.74) is 4.70. The summed E-state index contributed by atoms with van der Waals surface area (Å²) in [5.74, 6) is -0.906. The average Bonchev–Trinajstić information content (AvgIpc) is 3.51. The molecule has 0 aromatic heterocycles. The molecule has 2 N–H and O–H groups in total. The third-order valence-corrected chi connectivity index (χ3v) is 11.1. The predicted octanol–water partition coefficient (Wildman–Crippen LogP) is 7.54. The molecule has 11 nitrogen and oxygen atoms in total. The summed E-state index contributed by atoms with van der Waals surface area (Å²) in [6.07, 6.45) is 1.59. The van der Waals surface area contributed by atoms with E-state index in [0.717, 1.165) is 84.1 Å². The van der Waals surface area contributed by atoms with Gasteiger partial charge in [0.15, 0.2) is 23.1 Å². The lowest BCUT2D eigenvalue weighted by Gasteiger charge is -2.26. The van der Waals surface area contributed by atoms with Gasteiger partial charge in [0.25, 0.3) is 0 Å². The van der Waals surface area contributed by atoms with Crippen LogP contribution in [-0.4, -0.2) is 124 Å². The van der Waals surface area contributed by atoms with Crippen LogP contribution in [0.5, 0.6) is 11.5 Å². The third kappa shape index (κ3) is 11.4. The number of anilines is 2. The second-order valence-corrected chi connectivity index (χ2v) is 15.7. The van der Waals surface area contributed by atoms with Crippen molar-refractivity contribution in [2.45, 2.75) is 12.8 Å². The molecule has 2 fully saturated rings. The smallest absolute Gasteiger partial charge is 0.246 e. The Morgan fingerprint density at radius 1 is 0.650 bits per heavy atom. The fraction of sp³-hybridized carbons (Fsp3) is 0.364. The molecule has 0 saturated carbocycles. The second kappa shape index (κ2) is 21.3. The van der Waals surface area contributed by atoms with Crippen LogP contribution in [0.2, 0.25) is 10.0 Å². The number of ether oxygens (including phenoxy) is 4. The zero-order chi connectivity index (χ0) is 41.8. The zero-order valence-corrected chi connectivity index (χ0v) is 35.3. The molecule has 4 heterocycles. The first-order chi connectivity index (χ1) is 29.2. The lowest BCUT2D eigenvalue weighted by molar-refractivity contribution is -0.114.